The summed E-state index contributed by atoms with van der Waals surface area (Å²) in [4.78, 5) is 11.0. The number of carbonyl (C=O) groups is 1. The first-order chi connectivity index (χ1) is 11.2. The molecule has 120 valence electrons. The molecular weight excluding hydrogens is 288 g/mol. The van der Waals surface area contributed by atoms with Gasteiger partial charge in [0.05, 0.1) is 12.7 Å². The zero-order valence-electron chi connectivity index (χ0n) is 13.4. The lowest BCUT2D eigenvalue weighted by atomic mass is 9.87. The summed E-state index contributed by atoms with van der Waals surface area (Å²) in [6.45, 7) is 5.99. The van der Waals surface area contributed by atoms with Crippen LogP contribution in [-0.2, 0) is 14.3 Å². The van der Waals surface area contributed by atoms with Crippen molar-refractivity contribution < 1.29 is 14.3 Å². The summed E-state index contributed by atoms with van der Waals surface area (Å²) in [5.41, 5.74) is 2.41. The predicted octanol–water partition coefficient (Wildman–Crippen LogP) is 3.95. The first kappa shape index (κ1) is 17.0. The lowest BCUT2D eigenvalue weighted by molar-refractivity contribution is -0.139. The van der Waals surface area contributed by atoms with Gasteiger partial charge >= 0.3 is 5.97 Å². The molecule has 0 saturated carbocycles. The van der Waals surface area contributed by atoms with Crippen molar-refractivity contribution in [1.82, 2.24) is 0 Å². The fourth-order valence-electron chi connectivity index (χ4n) is 2.59. The molecule has 3 nitrogen and oxygen atoms in total. The predicted molar refractivity (Wildman–Crippen MR) is 91.3 cm³/mol. The Morgan fingerprint density at radius 2 is 1.52 bits per heavy atom. The van der Waals surface area contributed by atoms with Crippen molar-refractivity contribution in [2.45, 2.75) is 18.9 Å². The van der Waals surface area contributed by atoms with E-state index in [1.165, 1.54) is 11.1 Å². The van der Waals surface area contributed by atoms with Crippen LogP contribution in [0.4, 0.5) is 0 Å². The third kappa shape index (κ3) is 5.08. The molecule has 0 aromatic heterocycles. The smallest absolute Gasteiger partial charge is 0.330 e. The minimum absolute atomic E-state index is 0.0396. The molecular formula is C20H22O3. The van der Waals surface area contributed by atoms with E-state index < -0.39 is 5.97 Å². The van der Waals surface area contributed by atoms with Gasteiger partial charge in [-0.25, -0.2) is 4.79 Å². The molecule has 0 fully saturated rings. The average molecular weight is 310 g/mol. The maximum atomic E-state index is 11.0. The molecule has 0 radical (unpaired) electrons. The van der Waals surface area contributed by atoms with Crippen molar-refractivity contribution in [3.63, 3.8) is 0 Å². The number of hydrogen-bond acceptors (Lipinski definition) is 3. The van der Waals surface area contributed by atoms with Crippen molar-refractivity contribution in [2.75, 3.05) is 13.2 Å². The Labute approximate surface area is 137 Å². The largest absolute Gasteiger partial charge is 0.460 e. The first-order valence-corrected chi connectivity index (χ1v) is 7.73. The van der Waals surface area contributed by atoms with E-state index >= 15 is 0 Å². The number of carbonyl (C=O) groups excluding carboxylic acids is 1. The highest BCUT2D eigenvalue weighted by Crippen LogP contribution is 2.29. The standard InChI is InChI=1S/C20H22O3/c1-3-19(21)23-15-14-22-16(2)20(17-10-6-4-7-11-17)18-12-8-5-9-13-18/h3-13,16,20H,1,14-15H2,2H3. The first-order valence-electron chi connectivity index (χ1n) is 7.73. The maximum absolute atomic E-state index is 11.0. The summed E-state index contributed by atoms with van der Waals surface area (Å²) in [7, 11) is 0. The van der Waals surface area contributed by atoms with Gasteiger partial charge in [-0.3, -0.25) is 0 Å². The van der Waals surface area contributed by atoms with Crippen molar-refractivity contribution in [3.05, 3.63) is 84.4 Å². The van der Waals surface area contributed by atoms with Crippen LogP contribution in [0.3, 0.4) is 0 Å². The number of rotatable bonds is 8. The summed E-state index contributed by atoms with van der Waals surface area (Å²) in [5.74, 6) is -0.295. The highest BCUT2D eigenvalue weighted by molar-refractivity contribution is 5.81. The fraction of sp³-hybridized carbons (Fsp3) is 0.250. The van der Waals surface area contributed by atoms with Gasteiger partial charge in [-0.2, -0.15) is 0 Å². The summed E-state index contributed by atoms with van der Waals surface area (Å²) < 4.78 is 10.8. The summed E-state index contributed by atoms with van der Waals surface area (Å²) in [6, 6.07) is 20.6. The molecule has 0 spiro atoms. The van der Waals surface area contributed by atoms with Gasteiger partial charge in [0.2, 0.25) is 0 Å². The molecule has 1 atom stereocenters. The van der Waals surface area contributed by atoms with E-state index in [0.717, 1.165) is 6.08 Å². The lowest BCUT2D eigenvalue weighted by Gasteiger charge is -2.25. The molecule has 0 bridgehead atoms. The van der Waals surface area contributed by atoms with Gasteiger partial charge in [0.15, 0.2) is 0 Å². The number of benzene rings is 2. The molecule has 0 aliphatic rings. The molecule has 2 rings (SSSR count). The van der Waals surface area contributed by atoms with Gasteiger partial charge in [0.1, 0.15) is 6.61 Å². The highest BCUT2D eigenvalue weighted by Gasteiger charge is 2.21. The van der Waals surface area contributed by atoms with Crippen LogP contribution < -0.4 is 0 Å². The quantitative estimate of drug-likeness (QED) is 0.421. The van der Waals surface area contributed by atoms with E-state index in [9.17, 15) is 4.79 Å². The molecule has 1 unspecified atom stereocenters. The molecule has 0 amide bonds. The molecule has 0 aliphatic carbocycles. The lowest BCUT2D eigenvalue weighted by Crippen LogP contribution is -2.22. The molecule has 0 saturated heterocycles. The Morgan fingerprint density at radius 3 is 2.00 bits per heavy atom. The van der Waals surface area contributed by atoms with Gasteiger partial charge in [0.25, 0.3) is 0 Å². The van der Waals surface area contributed by atoms with E-state index in [2.05, 4.69) is 30.8 Å². The third-order valence-corrected chi connectivity index (χ3v) is 3.66. The second kappa shape index (κ2) is 8.91. The van der Waals surface area contributed by atoms with Crippen molar-refractivity contribution in [3.8, 4) is 0 Å². The Bertz CT molecular complexity index is 568. The Morgan fingerprint density at radius 1 is 1.00 bits per heavy atom. The van der Waals surface area contributed by atoms with E-state index in [-0.39, 0.29) is 18.6 Å². The topological polar surface area (TPSA) is 35.5 Å². The molecule has 23 heavy (non-hydrogen) atoms. The van der Waals surface area contributed by atoms with Crippen LogP contribution in [-0.4, -0.2) is 25.3 Å². The number of esters is 1. The highest BCUT2D eigenvalue weighted by atomic mass is 16.6. The molecule has 2 aromatic carbocycles. The van der Waals surface area contributed by atoms with Gasteiger partial charge in [-0.15, -0.1) is 0 Å². The van der Waals surface area contributed by atoms with Gasteiger partial charge in [0, 0.05) is 12.0 Å². The van der Waals surface area contributed by atoms with Crippen LogP contribution in [0.15, 0.2) is 73.3 Å². The number of ether oxygens (including phenoxy) is 2. The van der Waals surface area contributed by atoms with Crippen LogP contribution in [0.5, 0.6) is 0 Å². The molecule has 0 N–H and O–H groups in total. The Hall–Kier alpha value is -2.39. The normalized spacial score (nSPS) is 11.9. The fourth-order valence-corrected chi connectivity index (χ4v) is 2.59. The van der Waals surface area contributed by atoms with E-state index in [0.29, 0.717) is 6.61 Å². The van der Waals surface area contributed by atoms with Crippen LogP contribution in [0.2, 0.25) is 0 Å². The summed E-state index contributed by atoms with van der Waals surface area (Å²) in [6.07, 6.45) is 1.11. The zero-order valence-corrected chi connectivity index (χ0v) is 13.4. The van der Waals surface area contributed by atoms with Crippen molar-refractivity contribution in [1.29, 1.82) is 0 Å². The van der Waals surface area contributed by atoms with Crippen LogP contribution >= 0.6 is 0 Å². The SMILES string of the molecule is C=CC(=O)OCCOC(C)C(c1ccccc1)c1ccccc1. The van der Waals surface area contributed by atoms with Crippen LogP contribution in [0.1, 0.15) is 24.0 Å². The second-order valence-electron chi connectivity index (χ2n) is 5.25. The average Bonchev–Trinajstić information content (AvgIpc) is 2.60. The van der Waals surface area contributed by atoms with Crippen LogP contribution in [0, 0.1) is 0 Å². The minimum atomic E-state index is -0.427. The van der Waals surface area contributed by atoms with Crippen molar-refractivity contribution in [2.24, 2.45) is 0 Å². The minimum Gasteiger partial charge on any atom is -0.460 e. The molecule has 0 heterocycles. The second-order valence-corrected chi connectivity index (χ2v) is 5.25. The van der Waals surface area contributed by atoms with Gasteiger partial charge in [-0.1, -0.05) is 67.2 Å². The van der Waals surface area contributed by atoms with Gasteiger partial charge < -0.3 is 9.47 Å². The zero-order chi connectivity index (χ0) is 16.5. The molecule has 3 heteroatoms. The maximum Gasteiger partial charge on any atom is 0.330 e. The van der Waals surface area contributed by atoms with E-state index in [1.807, 2.05) is 43.3 Å². The number of hydrogen-bond donors (Lipinski definition) is 0. The summed E-state index contributed by atoms with van der Waals surface area (Å²) >= 11 is 0. The molecule has 0 aliphatic heterocycles. The monoisotopic (exact) mass is 310 g/mol. The third-order valence-electron chi connectivity index (χ3n) is 3.66. The van der Waals surface area contributed by atoms with Crippen molar-refractivity contribution >= 4 is 5.97 Å². The van der Waals surface area contributed by atoms with E-state index in [4.69, 9.17) is 9.47 Å². The van der Waals surface area contributed by atoms with E-state index in [1.54, 1.807) is 0 Å². The Balaban J connectivity index is 2.05. The van der Waals surface area contributed by atoms with Crippen LogP contribution in [0.25, 0.3) is 0 Å². The summed E-state index contributed by atoms with van der Waals surface area (Å²) in [5, 5.41) is 0. The Kier molecular flexibility index (Phi) is 6.57. The molecule has 2 aromatic rings. The van der Waals surface area contributed by atoms with Gasteiger partial charge in [-0.05, 0) is 18.1 Å².